The maximum absolute atomic E-state index is 12.9. The average Bonchev–Trinajstić information content (AvgIpc) is 3.54. The van der Waals surface area contributed by atoms with Crippen molar-refractivity contribution in [3.8, 4) is 5.75 Å². The summed E-state index contributed by atoms with van der Waals surface area (Å²) in [6.45, 7) is 5.28. The van der Waals surface area contributed by atoms with Crippen LogP contribution in [-0.2, 0) is 11.0 Å². The molecule has 0 spiro atoms. The fourth-order valence-corrected chi connectivity index (χ4v) is 4.15. The maximum atomic E-state index is 12.9. The zero-order valence-electron chi connectivity index (χ0n) is 16.9. The van der Waals surface area contributed by atoms with Gasteiger partial charge in [-0.1, -0.05) is 24.3 Å². The molecule has 0 N–H and O–H groups in total. The minimum atomic E-state index is -4.34. The van der Waals surface area contributed by atoms with Gasteiger partial charge in [0.2, 0.25) is 5.91 Å². The largest absolute Gasteiger partial charge is 0.492 e. The Kier molecular flexibility index (Phi) is 5.62. The second kappa shape index (κ2) is 8.20. The molecule has 1 amide bonds. The third kappa shape index (κ3) is 4.25. The molecule has 2 aliphatic rings. The van der Waals surface area contributed by atoms with Crippen LogP contribution in [0.15, 0.2) is 48.5 Å². The lowest BCUT2D eigenvalue weighted by atomic mass is 10.1. The molecule has 0 radical (unpaired) electrons. The van der Waals surface area contributed by atoms with E-state index in [0.29, 0.717) is 26.1 Å². The van der Waals surface area contributed by atoms with E-state index in [4.69, 9.17) is 4.74 Å². The molecule has 1 saturated carbocycles. The Hall–Kier alpha value is -2.70. The lowest BCUT2D eigenvalue weighted by Crippen LogP contribution is -2.49. The number of carbonyl (C=O) groups is 1. The van der Waals surface area contributed by atoms with Crippen molar-refractivity contribution in [2.24, 2.45) is 5.92 Å². The smallest absolute Gasteiger partial charge is 0.416 e. The number of hydrogen-bond donors (Lipinski definition) is 0. The molecule has 2 unspecified atom stereocenters. The van der Waals surface area contributed by atoms with Crippen molar-refractivity contribution in [1.82, 2.24) is 4.90 Å². The second-order valence-corrected chi connectivity index (χ2v) is 7.78. The van der Waals surface area contributed by atoms with Gasteiger partial charge in [0.05, 0.1) is 17.9 Å². The molecular weight excluding hydrogens is 393 g/mol. The number of hydrogen-bond acceptors (Lipinski definition) is 3. The number of benzene rings is 2. The number of rotatable bonds is 5. The van der Waals surface area contributed by atoms with E-state index in [2.05, 4.69) is 4.90 Å². The van der Waals surface area contributed by atoms with E-state index in [-0.39, 0.29) is 17.7 Å². The molecule has 2 atom stereocenters. The van der Waals surface area contributed by atoms with Gasteiger partial charge in [0.1, 0.15) is 5.75 Å². The van der Waals surface area contributed by atoms with E-state index >= 15 is 0 Å². The number of halogens is 3. The molecule has 4 nitrogen and oxygen atoms in total. The Morgan fingerprint density at radius 2 is 1.70 bits per heavy atom. The quantitative estimate of drug-likeness (QED) is 0.714. The molecule has 0 aromatic heterocycles. The zero-order valence-corrected chi connectivity index (χ0v) is 16.9. The van der Waals surface area contributed by atoms with Gasteiger partial charge in [-0.3, -0.25) is 4.79 Å². The summed E-state index contributed by atoms with van der Waals surface area (Å²) >= 11 is 0. The Bertz CT molecular complexity index is 890. The van der Waals surface area contributed by atoms with Gasteiger partial charge in [-0.15, -0.1) is 0 Å². The number of anilines is 1. The van der Waals surface area contributed by atoms with Crippen LogP contribution in [0.3, 0.4) is 0 Å². The lowest BCUT2D eigenvalue weighted by molar-refractivity contribution is -0.137. The van der Waals surface area contributed by atoms with E-state index in [1.165, 1.54) is 12.1 Å². The van der Waals surface area contributed by atoms with Crippen molar-refractivity contribution in [1.29, 1.82) is 0 Å². The van der Waals surface area contributed by atoms with Crippen LogP contribution >= 0.6 is 0 Å². The highest BCUT2D eigenvalue weighted by atomic mass is 19.4. The minimum Gasteiger partial charge on any atom is -0.492 e. The van der Waals surface area contributed by atoms with E-state index in [0.717, 1.165) is 42.2 Å². The summed E-state index contributed by atoms with van der Waals surface area (Å²) < 4.78 is 43.9. The van der Waals surface area contributed by atoms with Gasteiger partial charge >= 0.3 is 6.18 Å². The second-order valence-electron chi connectivity index (χ2n) is 7.78. The molecule has 1 aliphatic carbocycles. The van der Waals surface area contributed by atoms with Gasteiger partial charge in [0.25, 0.3) is 0 Å². The van der Waals surface area contributed by atoms with Crippen LogP contribution in [0.25, 0.3) is 0 Å². The van der Waals surface area contributed by atoms with Gasteiger partial charge in [-0.25, -0.2) is 0 Å². The van der Waals surface area contributed by atoms with E-state index < -0.39 is 11.7 Å². The summed E-state index contributed by atoms with van der Waals surface area (Å²) in [5.41, 5.74) is 1.20. The topological polar surface area (TPSA) is 32.8 Å². The van der Waals surface area contributed by atoms with Crippen molar-refractivity contribution in [2.45, 2.75) is 25.4 Å². The van der Waals surface area contributed by atoms with Crippen molar-refractivity contribution < 1.29 is 22.7 Å². The highest BCUT2D eigenvalue weighted by Gasteiger charge is 2.46. The van der Waals surface area contributed by atoms with Gasteiger partial charge in [0.15, 0.2) is 0 Å². The summed E-state index contributed by atoms with van der Waals surface area (Å²) in [5.74, 6) is 0.863. The van der Waals surface area contributed by atoms with E-state index in [1.54, 1.807) is 0 Å². The highest BCUT2D eigenvalue weighted by Crippen LogP contribution is 2.49. The zero-order chi connectivity index (χ0) is 21.3. The predicted octanol–water partition coefficient (Wildman–Crippen LogP) is 4.56. The molecule has 7 heteroatoms. The first-order valence-electron chi connectivity index (χ1n) is 10.3. The Labute approximate surface area is 174 Å². The fourth-order valence-electron chi connectivity index (χ4n) is 4.15. The van der Waals surface area contributed by atoms with Gasteiger partial charge in [-0.05, 0) is 49.1 Å². The van der Waals surface area contributed by atoms with Crippen LogP contribution in [-0.4, -0.2) is 43.6 Å². The summed E-state index contributed by atoms with van der Waals surface area (Å²) in [7, 11) is 0. The van der Waals surface area contributed by atoms with Crippen molar-refractivity contribution >= 4 is 11.6 Å². The molecular formula is C23H25F3N2O2. The lowest BCUT2D eigenvalue weighted by Gasteiger charge is -2.37. The normalized spacial score (nSPS) is 21.5. The molecule has 1 aliphatic heterocycles. The van der Waals surface area contributed by atoms with Crippen LogP contribution in [0.2, 0.25) is 0 Å². The first-order valence-corrected chi connectivity index (χ1v) is 10.3. The number of alkyl halides is 3. The number of amides is 1. The number of carbonyl (C=O) groups excluding carboxylic acids is 1. The van der Waals surface area contributed by atoms with Crippen molar-refractivity contribution in [3.63, 3.8) is 0 Å². The number of piperazine rings is 1. The maximum Gasteiger partial charge on any atom is 0.416 e. The Morgan fingerprint density at radius 1 is 1.03 bits per heavy atom. The molecule has 1 heterocycles. The van der Waals surface area contributed by atoms with Gasteiger partial charge in [-0.2, -0.15) is 13.2 Å². The average molecular weight is 418 g/mol. The van der Waals surface area contributed by atoms with E-state index in [1.807, 2.05) is 36.1 Å². The summed E-state index contributed by atoms with van der Waals surface area (Å²) in [4.78, 5) is 17.0. The van der Waals surface area contributed by atoms with E-state index in [9.17, 15) is 18.0 Å². The van der Waals surface area contributed by atoms with Crippen LogP contribution in [0.1, 0.15) is 30.4 Å². The summed E-state index contributed by atoms with van der Waals surface area (Å²) in [6.07, 6.45) is -3.63. The van der Waals surface area contributed by atoms with Crippen LogP contribution in [0.4, 0.5) is 18.9 Å². The molecule has 4 rings (SSSR count). The molecule has 1 saturated heterocycles. The van der Waals surface area contributed by atoms with Gasteiger partial charge in [0, 0.05) is 32.1 Å². The summed E-state index contributed by atoms with van der Waals surface area (Å²) in [5, 5.41) is 0. The first kappa shape index (κ1) is 20.6. The molecule has 2 fully saturated rings. The van der Waals surface area contributed by atoms with Gasteiger partial charge < -0.3 is 14.5 Å². The predicted molar refractivity (Wildman–Crippen MR) is 109 cm³/mol. The first-order chi connectivity index (χ1) is 14.4. The Morgan fingerprint density at radius 3 is 2.33 bits per heavy atom. The van der Waals surface area contributed by atoms with Crippen LogP contribution in [0, 0.1) is 5.92 Å². The third-order valence-corrected chi connectivity index (χ3v) is 5.87. The van der Waals surface area contributed by atoms with Crippen LogP contribution < -0.4 is 9.64 Å². The number of para-hydroxylation sites is 2. The monoisotopic (exact) mass is 418 g/mol. The standard InChI is InChI=1S/C23H25F3N2O2/c1-2-30-21-6-4-3-5-20(21)27-11-13-28(14-12-27)22(29)19-15-18(19)16-7-9-17(10-8-16)23(24,25)26/h3-10,18-19H,2,11-15H2,1H3. The highest BCUT2D eigenvalue weighted by molar-refractivity contribution is 5.83. The molecule has 30 heavy (non-hydrogen) atoms. The third-order valence-electron chi connectivity index (χ3n) is 5.87. The fraction of sp³-hybridized carbons (Fsp3) is 0.435. The number of ether oxygens (including phenoxy) is 1. The molecule has 160 valence electrons. The van der Waals surface area contributed by atoms with Crippen molar-refractivity contribution in [3.05, 3.63) is 59.7 Å². The SMILES string of the molecule is CCOc1ccccc1N1CCN(C(=O)C2CC2c2ccc(C(F)(F)F)cc2)CC1. The molecule has 2 aromatic carbocycles. The molecule has 2 aromatic rings. The minimum absolute atomic E-state index is 0.0245. The summed E-state index contributed by atoms with van der Waals surface area (Å²) in [6, 6.07) is 13.1. The number of nitrogens with zero attached hydrogens (tertiary/aromatic N) is 2. The van der Waals surface area contributed by atoms with Crippen molar-refractivity contribution in [2.75, 3.05) is 37.7 Å². The van der Waals surface area contributed by atoms with Crippen LogP contribution in [0.5, 0.6) is 5.75 Å². The molecule has 0 bridgehead atoms. The Balaban J connectivity index is 1.33.